The van der Waals surface area contributed by atoms with E-state index in [9.17, 15) is 8.42 Å². The quantitative estimate of drug-likeness (QED) is 0.144. The average molecular weight is 654 g/mol. The van der Waals surface area contributed by atoms with Crippen LogP contribution in [0.25, 0.3) is 11.1 Å². The molecule has 6 rings (SSSR count). The molecule has 2 aliphatic rings. The largest absolute Gasteiger partial charge is 0.497 e. The highest BCUT2D eigenvalue weighted by molar-refractivity contribution is 7.86. The van der Waals surface area contributed by atoms with E-state index in [1.165, 1.54) is 19.3 Å². The average Bonchev–Trinajstić information content (AvgIpc) is 3.11. The van der Waals surface area contributed by atoms with Crippen molar-refractivity contribution in [3.63, 3.8) is 0 Å². The van der Waals surface area contributed by atoms with Crippen molar-refractivity contribution in [3.8, 4) is 17.2 Å². The third-order valence-electron chi connectivity index (χ3n) is 9.11. The zero-order chi connectivity index (χ0) is 32.8. The van der Waals surface area contributed by atoms with Crippen molar-refractivity contribution in [1.82, 2.24) is 4.90 Å². The standard InChI is InChI=1S/C39H43NO6S/c1-28-11-19-33(20-12-28)47(41,42)46-39(29-13-16-31(17-14-29)45-26-25-40-23-7-4-8-24-40)38-34-22-18-32(43-2)27-30(34)15-21-36(38)35-9-5-6-10-37(35)44-3/h5-6,9-14,16-20,22,27,39H,4,7-8,15,21,23-26H2,1-3H3. The van der Waals surface area contributed by atoms with Crippen LogP contribution >= 0.6 is 0 Å². The van der Waals surface area contributed by atoms with Crippen molar-refractivity contribution in [1.29, 1.82) is 0 Å². The first-order valence-electron chi connectivity index (χ1n) is 16.3. The number of hydrogen-bond donors (Lipinski definition) is 0. The van der Waals surface area contributed by atoms with Crippen molar-refractivity contribution < 1.29 is 26.8 Å². The lowest BCUT2D eigenvalue weighted by molar-refractivity contribution is 0.183. The minimum atomic E-state index is -4.17. The molecule has 1 aliphatic carbocycles. The molecule has 0 saturated carbocycles. The molecule has 246 valence electrons. The molecular formula is C39H43NO6S. The number of aryl methyl sites for hydroxylation is 2. The Balaban J connectivity index is 1.44. The smallest absolute Gasteiger partial charge is 0.297 e. The van der Waals surface area contributed by atoms with Gasteiger partial charge in [0.15, 0.2) is 0 Å². The number of rotatable bonds is 12. The minimum absolute atomic E-state index is 0.107. The summed E-state index contributed by atoms with van der Waals surface area (Å²) in [6, 6.07) is 28.2. The molecular weight excluding hydrogens is 610 g/mol. The maximum absolute atomic E-state index is 14.0. The van der Waals surface area contributed by atoms with Gasteiger partial charge in [0.05, 0.1) is 19.1 Å². The van der Waals surface area contributed by atoms with Crippen LogP contribution in [0.1, 0.15) is 59.6 Å². The fraction of sp³-hybridized carbons (Fsp3) is 0.333. The van der Waals surface area contributed by atoms with Crippen LogP contribution in [-0.2, 0) is 20.7 Å². The van der Waals surface area contributed by atoms with Gasteiger partial charge in [-0.05, 0) is 116 Å². The Bertz CT molecular complexity index is 1810. The van der Waals surface area contributed by atoms with Crippen LogP contribution in [0.3, 0.4) is 0 Å². The first kappa shape index (κ1) is 32.8. The van der Waals surface area contributed by atoms with E-state index in [0.717, 1.165) is 76.7 Å². The summed E-state index contributed by atoms with van der Waals surface area (Å²) in [5.41, 5.74) is 6.33. The fourth-order valence-corrected chi connectivity index (χ4v) is 7.61. The highest BCUT2D eigenvalue weighted by Crippen LogP contribution is 2.48. The fourth-order valence-electron chi connectivity index (χ4n) is 6.57. The van der Waals surface area contributed by atoms with Gasteiger partial charge in [0.1, 0.15) is 30.0 Å². The zero-order valence-corrected chi connectivity index (χ0v) is 28.2. The first-order chi connectivity index (χ1) is 22.9. The van der Waals surface area contributed by atoms with E-state index in [1.807, 2.05) is 73.7 Å². The molecule has 0 amide bonds. The molecule has 0 spiro atoms. The molecule has 0 N–H and O–H groups in total. The van der Waals surface area contributed by atoms with Gasteiger partial charge >= 0.3 is 0 Å². The van der Waals surface area contributed by atoms with Gasteiger partial charge in [-0.25, -0.2) is 0 Å². The lowest BCUT2D eigenvalue weighted by Crippen LogP contribution is -2.33. The van der Waals surface area contributed by atoms with Crippen molar-refractivity contribution >= 4 is 21.3 Å². The number of piperidine rings is 1. The number of fused-ring (bicyclic) bond motifs is 1. The molecule has 4 aromatic carbocycles. The normalized spacial score (nSPS) is 16.0. The summed E-state index contributed by atoms with van der Waals surface area (Å²) in [5.74, 6) is 2.20. The maximum atomic E-state index is 14.0. The van der Waals surface area contributed by atoms with Crippen molar-refractivity contribution in [3.05, 3.63) is 119 Å². The third kappa shape index (κ3) is 7.56. The molecule has 1 atom stereocenters. The number of likely N-dealkylation sites (tertiary alicyclic amines) is 1. The van der Waals surface area contributed by atoms with E-state index in [4.69, 9.17) is 18.4 Å². The van der Waals surface area contributed by atoms with E-state index >= 15 is 0 Å². The van der Waals surface area contributed by atoms with E-state index < -0.39 is 16.2 Å². The van der Waals surface area contributed by atoms with E-state index in [2.05, 4.69) is 4.90 Å². The van der Waals surface area contributed by atoms with Crippen LogP contribution in [0.2, 0.25) is 0 Å². The second-order valence-electron chi connectivity index (χ2n) is 12.2. The molecule has 1 fully saturated rings. The monoisotopic (exact) mass is 653 g/mol. The molecule has 7 nitrogen and oxygen atoms in total. The Morgan fingerprint density at radius 3 is 2.21 bits per heavy atom. The van der Waals surface area contributed by atoms with Crippen molar-refractivity contribution in [2.45, 2.75) is 50.0 Å². The number of nitrogens with zero attached hydrogens (tertiary/aromatic N) is 1. The maximum Gasteiger partial charge on any atom is 0.297 e. The van der Waals surface area contributed by atoms with Crippen LogP contribution < -0.4 is 14.2 Å². The van der Waals surface area contributed by atoms with E-state index in [1.54, 1.807) is 38.5 Å². The van der Waals surface area contributed by atoms with Gasteiger partial charge in [-0.15, -0.1) is 0 Å². The number of allylic oxidation sites excluding steroid dienone is 1. The molecule has 0 aromatic heterocycles. The molecule has 0 radical (unpaired) electrons. The summed E-state index contributed by atoms with van der Waals surface area (Å²) >= 11 is 0. The predicted octanol–water partition coefficient (Wildman–Crippen LogP) is 7.88. The topological polar surface area (TPSA) is 74.3 Å². The summed E-state index contributed by atoms with van der Waals surface area (Å²) in [7, 11) is -0.870. The van der Waals surface area contributed by atoms with Gasteiger partial charge in [0.2, 0.25) is 0 Å². The summed E-state index contributed by atoms with van der Waals surface area (Å²) in [6.07, 6.45) is 4.25. The highest BCUT2D eigenvalue weighted by atomic mass is 32.2. The number of hydrogen-bond acceptors (Lipinski definition) is 7. The summed E-state index contributed by atoms with van der Waals surface area (Å²) in [5, 5.41) is 0. The first-order valence-corrected chi connectivity index (χ1v) is 17.8. The van der Waals surface area contributed by atoms with Crippen molar-refractivity contribution in [2.75, 3.05) is 40.5 Å². The highest BCUT2D eigenvalue weighted by Gasteiger charge is 2.33. The number of ether oxygens (including phenoxy) is 3. The van der Waals surface area contributed by atoms with Gasteiger partial charge in [0, 0.05) is 12.1 Å². The SMILES string of the molecule is COc1ccc2c(c1)CCC(c1ccccc1OC)=C2C(OS(=O)(=O)c1ccc(C)cc1)c1ccc(OCCN2CCCCC2)cc1. The second kappa shape index (κ2) is 14.8. The molecule has 1 unspecified atom stereocenters. The van der Waals surface area contributed by atoms with Crippen LogP contribution in [0, 0.1) is 6.92 Å². The Labute approximate surface area is 278 Å². The Morgan fingerprint density at radius 1 is 0.766 bits per heavy atom. The van der Waals surface area contributed by atoms with Crippen LogP contribution in [0.4, 0.5) is 0 Å². The minimum Gasteiger partial charge on any atom is -0.497 e. The second-order valence-corrected chi connectivity index (χ2v) is 13.8. The summed E-state index contributed by atoms with van der Waals surface area (Å²) in [6.45, 7) is 5.65. The van der Waals surface area contributed by atoms with Crippen LogP contribution in [-0.4, -0.2) is 53.8 Å². The summed E-state index contributed by atoms with van der Waals surface area (Å²) < 4.78 is 51.8. The number of para-hydroxylation sites is 1. The molecule has 47 heavy (non-hydrogen) atoms. The number of methoxy groups -OCH3 is 2. The predicted molar refractivity (Wildman–Crippen MR) is 186 cm³/mol. The van der Waals surface area contributed by atoms with Gasteiger partial charge in [0.25, 0.3) is 10.1 Å². The third-order valence-corrected chi connectivity index (χ3v) is 10.4. The Hall–Kier alpha value is -4.11. The molecule has 1 heterocycles. The van der Waals surface area contributed by atoms with Gasteiger partial charge < -0.3 is 14.2 Å². The van der Waals surface area contributed by atoms with Gasteiger partial charge in [-0.1, -0.05) is 60.5 Å². The van der Waals surface area contributed by atoms with E-state index in [0.29, 0.717) is 18.6 Å². The number of benzene rings is 4. The lowest BCUT2D eigenvalue weighted by Gasteiger charge is -2.31. The van der Waals surface area contributed by atoms with Crippen molar-refractivity contribution in [2.24, 2.45) is 0 Å². The molecule has 8 heteroatoms. The molecule has 1 saturated heterocycles. The molecule has 0 bridgehead atoms. The Kier molecular flexibility index (Phi) is 10.3. The Morgan fingerprint density at radius 2 is 1.49 bits per heavy atom. The summed E-state index contributed by atoms with van der Waals surface area (Å²) in [4.78, 5) is 2.55. The molecule has 4 aromatic rings. The molecule has 1 aliphatic heterocycles. The van der Waals surface area contributed by atoms with Gasteiger partial charge in [-0.2, -0.15) is 8.42 Å². The van der Waals surface area contributed by atoms with E-state index in [-0.39, 0.29) is 4.90 Å². The zero-order valence-electron chi connectivity index (χ0n) is 27.4. The lowest BCUT2D eigenvalue weighted by atomic mass is 9.78. The van der Waals surface area contributed by atoms with Crippen LogP contribution in [0.15, 0.2) is 95.9 Å². The van der Waals surface area contributed by atoms with Crippen LogP contribution in [0.5, 0.6) is 17.2 Å². The van der Waals surface area contributed by atoms with Gasteiger partial charge in [-0.3, -0.25) is 9.08 Å².